The Morgan fingerprint density at radius 3 is 0.600 bits per heavy atom. The van der Waals surface area contributed by atoms with Crippen molar-refractivity contribution in [3.63, 3.8) is 0 Å². The normalized spacial score (nSPS) is 4.80. The molecule has 1 radical (unpaired) electrons. The molecule has 0 aromatic heterocycles. The predicted molar refractivity (Wildman–Crippen MR) is 23.4 cm³/mol. The molecule has 0 saturated carbocycles. The summed E-state index contributed by atoms with van der Waals surface area (Å²) in [5.74, 6) is 0. The van der Waals surface area contributed by atoms with E-state index >= 15 is 0 Å². The molecule has 0 bridgehead atoms. The van der Waals surface area contributed by atoms with Crippen LogP contribution in [0.3, 0.4) is 0 Å². The molecule has 9 nitrogen and oxygen atoms in total. The largest absolute Gasteiger partial charge is 3.00 e. The maximum absolute atomic E-state index is 8.33. The van der Waals surface area contributed by atoms with E-state index in [1.807, 2.05) is 0 Å². The van der Waals surface area contributed by atoms with E-state index < -0.39 is 18.5 Å². The smallest absolute Gasteiger partial charge is 0.652 e. The maximum atomic E-state index is 8.33. The molecule has 0 atom stereocenters. The molecular formula is C3HCeClLaO9. The zero-order chi connectivity index (χ0) is 10.7. The van der Waals surface area contributed by atoms with E-state index in [1.54, 1.807) is 0 Å². The van der Waals surface area contributed by atoms with Crippen LogP contribution in [0, 0.1) is 77.3 Å². The topological polar surface area (TPSA) is 190 Å². The van der Waals surface area contributed by atoms with Crippen LogP contribution in [0.15, 0.2) is 0 Å². The molecule has 0 rings (SSSR count). The van der Waals surface area contributed by atoms with Crippen molar-refractivity contribution in [1.82, 2.24) is 0 Å². The van der Waals surface area contributed by atoms with Crippen LogP contribution in [0.5, 0.6) is 0 Å². The van der Waals surface area contributed by atoms with Gasteiger partial charge in [-0.3, -0.25) is 0 Å². The van der Waals surface area contributed by atoms with Gasteiger partial charge < -0.3 is 45.0 Å². The van der Waals surface area contributed by atoms with Gasteiger partial charge in [-0.2, -0.15) is 0 Å². The molecule has 81 valence electrons. The van der Waals surface area contributed by atoms with E-state index in [2.05, 4.69) is 0 Å². The zero-order valence-corrected chi connectivity index (χ0v) is 14.2. The third-order valence-corrected chi connectivity index (χ3v) is 0. The molecule has 15 heavy (non-hydrogen) atoms. The molecule has 0 aliphatic heterocycles. The van der Waals surface area contributed by atoms with Gasteiger partial charge >= 0.3 is 77.3 Å². The molecule has 0 saturated heterocycles. The SMILES string of the molecule is Cl.O=C([O-])[O-].O=C([O-])[O-].O=C([O-])[O-].[Ce+3].[La+3]. The molecule has 0 N–H and O–H groups in total. The van der Waals surface area contributed by atoms with Crippen molar-refractivity contribution in [2.75, 3.05) is 0 Å². The molecule has 0 aliphatic rings. The predicted octanol–water partition coefficient (Wildman–Crippen LogP) is -6.92. The molecule has 0 aliphatic carbocycles. The van der Waals surface area contributed by atoms with E-state index in [-0.39, 0.29) is 89.8 Å². The molecule has 0 heterocycles. The van der Waals surface area contributed by atoms with Crippen LogP contribution in [0.25, 0.3) is 0 Å². The van der Waals surface area contributed by atoms with Crippen LogP contribution in [-0.4, -0.2) is 18.5 Å². The fraction of sp³-hybridized carbons (Fsp3) is 0. The first-order chi connectivity index (χ1) is 5.20. The van der Waals surface area contributed by atoms with Gasteiger partial charge in [0, 0.05) is 0 Å². The number of hydrogen-bond acceptors (Lipinski definition) is 9. The number of carbonyl (C=O) groups excluding carboxylic acids is 3. The average molecular weight is 496 g/mol. The van der Waals surface area contributed by atoms with Gasteiger partial charge in [0.2, 0.25) is 0 Å². The van der Waals surface area contributed by atoms with E-state index in [4.69, 9.17) is 45.0 Å². The quantitative estimate of drug-likeness (QED) is 0.314. The monoisotopic (exact) mass is 495 g/mol. The van der Waals surface area contributed by atoms with Gasteiger partial charge in [0.1, 0.15) is 0 Å². The standard InChI is InChI=1S/3CH2O3.Ce.ClH.La/c3*2-1(3)4;;;/h3*(H2,2,3,4);;1H;/q;;;+3;;+3/p-6. The van der Waals surface area contributed by atoms with Crippen LogP contribution in [0.1, 0.15) is 0 Å². The van der Waals surface area contributed by atoms with Crippen molar-refractivity contribution >= 4 is 30.9 Å². The second-order valence-corrected chi connectivity index (χ2v) is 0.750. The van der Waals surface area contributed by atoms with Crippen molar-refractivity contribution in [3.8, 4) is 0 Å². The van der Waals surface area contributed by atoms with E-state index in [0.717, 1.165) is 0 Å². The zero-order valence-electron chi connectivity index (χ0n) is 6.66. The van der Waals surface area contributed by atoms with Crippen molar-refractivity contribution in [2.45, 2.75) is 0 Å². The molecule has 0 aromatic rings. The summed E-state index contributed by atoms with van der Waals surface area (Å²) < 4.78 is 0. The first-order valence-electron chi connectivity index (χ1n) is 1.84. The van der Waals surface area contributed by atoms with Crippen molar-refractivity contribution < 1.29 is 122 Å². The molecule has 0 fully saturated rings. The van der Waals surface area contributed by atoms with Crippen molar-refractivity contribution in [3.05, 3.63) is 0 Å². The Bertz CT molecular complexity index is 123. The summed E-state index contributed by atoms with van der Waals surface area (Å²) in [6.45, 7) is 0. The first-order valence-corrected chi connectivity index (χ1v) is 1.84. The number of carbonyl (C=O) groups is 3. The molecule has 0 spiro atoms. The number of carboxylic acid groups (broad SMARTS) is 6. The second kappa shape index (κ2) is 29.3. The van der Waals surface area contributed by atoms with Gasteiger partial charge in [0.05, 0.1) is 0 Å². The third-order valence-electron chi connectivity index (χ3n) is 0. The Morgan fingerprint density at radius 2 is 0.600 bits per heavy atom. The molecule has 0 unspecified atom stereocenters. The maximum Gasteiger partial charge on any atom is 3.00 e. The van der Waals surface area contributed by atoms with Crippen molar-refractivity contribution in [1.29, 1.82) is 0 Å². The van der Waals surface area contributed by atoms with Crippen LogP contribution >= 0.6 is 12.4 Å². The minimum Gasteiger partial charge on any atom is -0.652 e. The van der Waals surface area contributed by atoms with Crippen LogP contribution in [0.4, 0.5) is 14.4 Å². The number of rotatable bonds is 0. The number of hydrogen-bond donors (Lipinski definition) is 0. The van der Waals surface area contributed by atoms with Gasteiger partial charge in [-0.05, 0) is 18.5 Å². The summed E-state index contributed by atoms with van der Waals surface area (Å²) in [7, 11) is 0. The Morgan fingerprint density at radius 1 is 0.600 bits per heavy atom. The summed E-state index contributed by atoms with van der Waals surface area (Å²) >= 11 is 0. The van der Waals surface area contributed by atoms with Crippen LogP contribution in [0.2, 0.25) is 0 Å². The van der Waals surface area contributed by atoms with Gasteiger partial charge in [-0.1, -0.05) is 0 Å². The van der Waals surface area contributed by atoms with Crippen molar-refractivity contribution in [2.24, 2.45) is 0 Å². The summed E-state index contributed by atoms with van der Waals surface area (Å²) in [5.41, 5.74) is 0. The fourth-order valence-corrected chi connectivity index (χ4v) is 0. The number of halogens is 1. The second-order valence-electron chi connectivity index (χ2n) is 0.750. The van der Waals surface area contributed by atoms with E-state index in [9.17, 15) is 0 Å². The van der Waals surface area contributed by atoms with Gasteiger partial charge in [0.15, 0.2) is 0 Å². The fourth-order valence-electron chi connectivity index (χ4n) is 0. The molecular weight excluding hydrogens is 494 g/mol. The average Bonchev–Trinajstić information content (AvgIpc) is 1.54. The summed E-state index contributed by atoms with van der Waals surface area (Å²) in [4.78, 5) is 25.0. The van der Waals surface area contributed by atoms with E-state index in [0.29, 0.717) is 0 Å². The third kappa shape index (κ3) is 5230. The molecule has 0 aromatic carbocycles. The van der Waals surface area contributed by atoms with Gasteiger partial charge in [-0.15, -0.1) is 12.4 Å². The van der Waals surface area contributed by atoms with Gasteiger partial charge in [0.25, 0.3) is 0 Å². The molecule has 12 heteroatoms. The Balaban J connectivity index is -0.0000000184. The Hall–Kier alpha value is 0.671. The minimum absolute atomic E-state index is 0. The van der Waals surface area contributed by atoms with E-state index in [1.165, 1.54) is 0 Å². The first kappa shape index (κ1) is 36.1. The summed E-state index contributed by atoms with van der Waals surface area (Å²) in [5, 5.41) is 50.0. The molecule has 0 amide bonds. The van der Waals surface area contributed by atoms with Crippen LogP contribution < -0.4 is 30.6 Å². The minimum atomic E-state index is -2.33. The summed E-state index contributed by atoms with van der Waals surface area (Å²) in [6, 6.07) is 0. The summed E-state index contributed by atoms with van der Waals surface area (Å²) in [6.07, 6.45) is -7.00. The Kier molecular flexibility index (Phi) is 70.5. The Labute approximate surface area is 151 Å². The van der Waals surface area contributed by atoms with Crippen LogP contribution in [-0.2, 0) is 0 Å². The van der Waals surface area contributed by atoms with Gasteiger partial charge in [-0.25, -0.2) is 0 Å².